The Morgan fingerprint density at radius 3 is 2.38 bits per heavy atom. The summed E-state index contributed by atoms with van der Waals surface area (Å²) in [5.74, 6) is -0.228. The average molecular weight is 285 g/mol. The first-order chi connectivity index (χ1) is 10.2. The second-order valence-corrected chi connectivity index (χ2v) is 5.07. The normalized spacial score (nSPS) is 11.9. The van der Waals surface area contributed by atoms with Gasteiger partial charge in [0.1, 0.15) is 5.82 Å². The minimum Gasteiger partial charge on any atom is -0.349 e. The number of benzene rings is 2. The van der Waals surface area contributed by atoms with Gasteiger partial charge in [-0.3, -0.25) is 4.79 Å². The van der Waals surface area contributed by atoms with E-state index in [2.05, 4.69) is 12.2 Å². The predicted molar refractivity (Wildman–Crippen MR) is 82.3 cm³/mol. The molecule has 2 rings (SSSR count). The van der Waals surface area contributed by atoms with Crippen LogP contribution < -0.4 is 5.32 Å². The molecule has 0 aliphatic heterocycles. The van der Waals surface area contributed by atoms with Gasteiger partial charge in [-0.1, -0.05) is 49.4 Å². The molecular formula is C18H20FNO. The Balaban J connectivity index is 1.87. The van der Waals surface area contributed by atoms with Crippen molar-refractivity contribution in [2.75, 3.05) is 0 Å². The zero-order valence-electron chi connectivity index (χ0n) is 12.2. The van der Waals surface area contributed by atoms with E-state index in [1.165, 1.54) is 12.1 Å². The van der Waals surface area contributed by atoms with Gasteiger partial charge in [0.25, 0.3) is 0 Å². The summed E-state index contributed by atoms with van der Waals surface area (Å²) in [6.07, 6.45) is 1.89. The SMILES string of the molecule is CC[C@H](NC(=O)CCc1ccc(F)cc1)c1ccccc1. The summed E-state index contributed by atoms with van der Waals surface area (Å²) in [6, 6.07) is 16.3. The van der Waals surface area contributed by atoms with Gasteiger partial charge in [0.2, 0.25) is 5.91 Å². The number of nitrogens with one attached hydrogen (secondary N) is 1. The lowest BCUT2D eigenvalue weighted by Crippen LogP contribution is -2.28. The number of hydrogen-bond acceptors (Lipinski definition) is 1. The molecular weight excluding hydrogens is 265 g/mol. The number of carbonyl (C=O) groups excluding carboxylic acids is 1. The zero-order chi connectivity index (χ0) is 15.1. The fourth-order valence-corrected chi connectivity index (χ4v) is 2.28. The van der Waals surface area contributed by atoms with Crippen molar-refractivity contribution < 1.29 is 9.18 Å². The monoisotopic (exact) mass is 285 g/mol. The van der Waals surface area contributed by atoms with Gasteiger partial charge in [-0.05, 0) is 36.1 Å². The summed E-state index contributed by atoms with van der Waals surface area (Å²) in [5.41, 5.74) is 2.09. The summed E-state index contributed by atoms with van der Waals surface area (Å²) < 4.78 is 12.8. The topological polar surface area (TPSA) is 29.1 Å². The van der Waals surface area contributed by atoms with Crippen LogP contribution in [0, 0.1) is 5.82 Å². The highest BCUT2D eigenvalue weighted by Gasteiger charge is 2.12. The van der Waals surface area contributed by atoms with Gasteiger partial charge >= 0.3 is 0 Å². The Kier molecular flexibility index (Phi) is 5.50. The Labute approximate surface area is 125 Å². The van der Waals surface area contributed by atoms with Crippen molar-refractivity contribution in [1.82, 2.24) is 5.32 Å². The molecule has 3 heteroatoms. The molecule has 0 radical (unpaired) electrons. The van der Waals surface area contributed by atoms with Crippen molar-refractivity contribution in [1.29, 1.82) is 0 Å². The molecule has 0 bridgehead atoms. The molecule has 1 atom stereocenters. The first-order valence-corrected chi connectivity index (χ1v) is 7.27. The van der Waals surface area contributed by atoms with Crippen LogP contribution in [0.5, 0.6) is 0 Å². The number of rotatable bonds is 6. The van der Waals surface area contributed by atoms with Gasteiger partial charge in [-0.25, -0.2) is 4.39 Å². The number of halogens is 1. The maximum Gasteiger partial charge on any atom is 0.220 e. The van der Waals surface area contributed by atoms with Crippen LogP contribution in [0.3, 0.4) is 0 Å². The van der Waals surface area contributed by atoms with Crippen LogP contribution in [0.4, 0.5) is 4.39 Å². The highest BCUT2D eigenvalue weighted by atomic mass is 19.1. The Bertz CT molecular complexity index is 566. The third-order valence-corrected chi connectivity index (χ3v) is 3.50. The lowest BCUT2D eigenvalue weighted by Gasteiger charge is -2.17. The van der Waals surface area contributed by atoms with Crippen molar-refractivity contribution in [3.8, 4) is 0 Å². The smallest absolute Gasteiger partial charge is 0.220 e. The Hall–Kier alpha value is -2.16. The van der Waals surface area contributed by atoms with Crippen molar-refractivity contribution in [2.45, 2.75) is 32.2 Å². The minimum absolute atomic E-state index is 0.0232. The molecule has 0 aliphatic rings. The Morgan fingerprint density at radius 1 is 1.10 bits per heavy atom. The molecule has 110 valence electrons. The number of hydrogen-bond donors (Lipinski definition) is 1. The van der Waals surface area contributed by atoms with Crippen molar-refractivity contribution >= 4 is 5.91 Å². The minimum atomic E-state index is -0.252. The van der Waals surface area contributed by atoms with Gasteiger partial charge in [0, 0.05) is 6.42 Å². The third kappa shape index (κ3) is 4.71. The summed E-state index contributed by atoms with van der Waals surface area (Å²) in [4.78, 5) is 12.0. The van der Waals surface area contributed by atoms with E-state index in [9.17, 15) is 9.18 Å². The van der Waals surface area contributed by atoms with Gasteiger partial charge in [0.05, 0.1) is 6.04 Å². The van der Waals surface area contributed by atoms with E-state index in [1.54, 1.807) is 12.1 Å². The highest BCUT2D eigenvalue weighted by molar-refractivity contribution is 5.76. The maximum atomic E-state index is 12.8. The summed E-state index contributed by atoms with van der Waals surface area (Å²) in [6.45, 7) is 2.05. The quantitative estimate of drug-likeness (QED) is 0.853. The fraction of sp³-hybridized carbons (Fsp3) is 0.278. The van der Waals surface area contributed by atoms with E-state index in [4.69, 9.17) is 0 Å². The Morgan fingerprint density at radius 2 is 1.76 bits per heavy atom. The summed E-state index contributed by atoms with van der Waals surface area (Å²) >= 11 is 0. The molecule has 0 heterocycles. The van der Waals surface area contributed by atoms with E-state index in [1.807, 2.05) is 30.3 Å². The van der Waals surface area contributed by atoms with E-state index < -0.39 is 0 Å². The predicted octanol–water partition coefficient (Wildman–Crippen LogP) is 4.03. The van der Waals surface area contributed by atoms with Crippen LogP contribution in [0.15, 0.2) is 54.6 Å². The largest absolute Gasteiger partial charge is 0.349 e. The van der Waals surface area contributed by atoms with Gasteiger partial charge in [-0.15, -0.1) is 0 Å². The van der Waals surface area contributed by atoms with E-state index in [-0.39, 0.29) is 17.8 Å². The first-order valence-electron chi connectivity index (χ1n) is 7.27. The van der Waals surface area contributed by atoms with Crippen molar-refractivity contribution in [3.05, 3.63) is 71.5 Å². The number of aryl methyl sites for hydroxylation is 1. The molecule has 0 saturated carbocycles. The molecule has 0 aromatic heterocycles. The van der Waals surface area contributed by atoms with Gasteiger partial charge in [-0.2, -0.15) is 0 Å². The maximum absolute atomic E-state index is 12.8. The molecule has 2 aromatic rings. The van der Waals surface area contributed by atoms with Gasteiger partial charge in [0.15, 0.2) is 0 Å². The van der Waals surface area contributed by atoms with Crippen LogP contribution in [0.1, 0.15) is 36.9 Å². The second-order valence-electron chi connectivity index (χ2n) is 5.07. The van der Waals surface area contributed by atoms with Crippen LogP contribution in [-0.4, -0.2) is 5.91 Å². The molecule has 0 saturated heterocycles. The van der Waals surface area contributed by atoms with Gasteiger partial charge < -0.3 is 5.32 Å². The standard InChI is InChI=1S/C18H20FNO/c1-2-17(15-6-4-3-5-7-15)20-18(21)13-10-14-8-11-16(19)12-9-14/h3-9,11-12,17H,2,10,13H2,1H3,(H,20,21)/t17-/m0/s1. The van der Waals surface area contributed by atoms with Crippen molar-refractivity contribution in [2.24, 2.45) is 0 Å². The molecule has 0 fully saturated rings. The first kappa shape index (κ1) is 15.2. The molecule has 21 heavy (non-hydrogen) atoms. The van der Waals surface area contributed by atoms with E-state index >= 15 is 0 Å². The van der Waals surface area contributed by atoms with E-state index in [0.29, 0.717) is 12.8 Å². The van der Waals surface area contributed by atoms with E-state index in [0.717, 1.165) is 17.5 Å². The zero-order valence-corrected chi connectivity index (χ0v) is 12.2. The highest BCUT2D eigenvalue weighted by Crippen LogP contribution is 2.16. The molecule has 0 unspecified atom stereocenters. The lowest BCUT2D eigenvalue weighted by atomic mass is 10.0. The molecule has 1 amide bonds. The number of amides is 1. The molecule has 2 aromatic carbocycles. The summed E-state index contributed by atoms with van der Waals surface area (Å²) in [5, 5.41) is 3.05. The molecule has 1 N–H and O–H groups in total. The second kappa shape index (κ2) is 7.58. The van der Waals surface area contributed by atoms with Crippen LogP contribution in [0.2, 0.25) is 0 Å². The molecule has 2 nitrogen and oxygen atoms in total. The van der Waals surface area contributed by atoms with Crippen LogP contribution >= 0.6 is 0 Å². The molecule has 0 aliphatic carbocycles. The fourth-order valence-electron chi connectivity index (χ4n) is 2.28. The van der Waals surface area contributed by atoms with Crippen LogP contribution in [-0.2, 0) is 11.2 Å². The molecule has 0 spiro atoms. The average Bonchev–Trinajstić information content (AvgIpc) is 2.53. The third-order valence-electron chi connectivity index (χ3n) is 3.50. The number of carbonyl (C=O) groups is 1. The summed E-state index contributed by atoms with van der Waals surface area (Å²) in [7, 11) is 0. The van der Waals surface area contributed by atoms with Crippen molar-refractivity contribution in [3.63, 3.8) is 0 Å². The lowest BCUT2D eigenvalue weighted by molar-refractivity contribution is -0.121. The van der Waals surface area contributed by atoms with Crippen LogP contribution in [0.25, 0.3) is 0 Å².